The largest absolute Gasteiger partial charge is 0.444 e. The highest BCUT2D eigenvalue weighted by Gasteiger charge is 2.35. The van der Waals surface area contributed by atoms with Crippen LogP contribution in [0.1, 0.15) is 37.8 Å². The molecule has 1 aromatic heterocycles. The zero-order chi connectivity index (χ0) is 14.0. The average Bonchev–Trinajstić information content (AvgIpc) is 2.25. The third-order valence-electron chi connectivity index (χ3n) is 2.95. The van der Waals surface area contributed by atoms with Crippen LogP contribution in [-0.4, -0.2) is 34.7 Å². The van der Waals surface area contributed by atoms with Gasteiger partial charge >= 0.3 is 6.09 Å². The van der Waals surface area contributed by atoms with Crippen LogP contribution in [0.3, 0.4) is 0 Å². The lowest BCUT2D eigenvalue weighted by atomic mass is 9.90. The Bertz CT molecular complexity index is 522. The molecule has 1 amide bonds. The minimum absolute atomic E-state index is 0.177. The lowest BCUT2D eigenvalue weighted by molar-refractivity contribution is 0.00814. The molecule has 1 aromatic rings. The van der Waals surface area contributed by atoms with Gasteiger partial charge in [0.15, 0.2) is 0 Å². The number of aromatic nitrogens is 1. The lowest BCUT2D eigenvalue weighted by Gasteiger charge is -2.40. The van der Waals surface area contributed by atoms with Gasteiger partial charge in [0.25, 0.3) is 0 Å². The van der Waals surface area contributed by atoms with Gasteiger partial charge in [-0.15, -0.1) is 0 Å². The van der Waals surface area contributed by atoms with Gasteiger partial charge in [0.05, 0.1) is 11.6 Å². The molecule has 0 unspecified atom stereocenters. The Balaban J connectivity index is 1.97. The summed E-state index contributed by atoms with van der Waals surface area (Å²) in [5.74, 6) is 0.177. The van der Waals surface area contributed by atoms with E-state index in [1.165, 1.54) is 0 Å². The quantitative estimate of drug-likeness (QED) is 0.776. The first-order chi connectivity index (χ1) is 8.90. The van der Waals surface area contributed by atoms with Crippen LogP contribution in [0.4, 0.5) is 4.79 Å². The maximum atomic E-state index is 11.8. The van der Waals surface area contributed by atoms with Gasteiger partial charge in [-0.05, 0) is 32.4 Å². The molecule has 1 aliphatic heterocycles. The number of hydrogen-bond donors (Lipinski definition) is 0. The summed E-state index contributed by atoms with van der Waals surface area (Å²) >= 11 is 0. The monoisotopic (exact) mass is 259 g/mol. The van der Waals surface area contributed by atoms with Crippen molar-refractivity contribution in [2.45, 2.75) is 32.3 Å². The number of pyridine rings is 1. The Morgan fingerprint density at radius 3 is 2.79 bits per heavy atom. The number of nitriles is 1. The Morgan fingerprint density at radius 2 is 2.21 bits per heavy atom. The average molecular weight is 259 g/mol. The molecule has 0 bridgehead atoms. The highest BCUT2D eigenvalue weighted by atomic mass is 16.6. The number of amides is 1. The standard InChI is InChI=1S/C14H17N3O2/c1-14(2,3)19-13(18)17-8-11(9-17)12-7-16-5-4-10(12)6-15/h4-5,7,11H,8-9H2,1-3H3. The van der Waals surface area contributed by atoms with Crippen LogP contribution in [0.5, 0.6) is 0 Å². The van der Waals surface area contributed by atoms with Crippen molar-refractivity contribution in [1.82, 2.24) is 9.88 Å². The van der Waals surface area contributed by atoms with Gasteiger partial charge in [0.1, 0.15) is 5.60 Å². The van der Waals surface area contributed by atoms with Crippen molar-refractivity contribution < 1.29 is 9.53 Å². The fraction of sp³-hybridized carbons (Fsp3) is 0.500. The van der Waals surface area contributed by atoms with Gasteiger partial charge in [-0.1, -0.05) is 0 Å². The van der Waals surface area contributed by atoms with E-state index < -0.39 is 5.60 Å². The fourth-order valence-electron chi connectivity index (χ4n) is 1.98. The predicted octanol–water partition coefficient (Wildman–Crippen LogP) is 2.29. The van der Waals surface area contributed by atoms with Crippen LogP contribution in [0, 0.1) is 11.3 Å². The Hall–Kier alpha value is -2.09. The molecule has 0 aromatic carbocycles. The second-order valence-electron chi connectivity index (χ2n) is 5.66. The van der Waals surface area contributed by atoms with Crippen LogP contribution in [0.25, 0.3) is 0 Å². The molecule has 0 N–H and O–H groups in total. The summed E-state index contributed by atoms with van der Waals surface area (Å²) in [6, 6.07) is 3.85. The van der Waals surface area contributed by atoms with E-state index in [0.29, 0.717) is 18.7 Å². The third kappa shape index (κ3) is 3.02. The second kappa shape index (κ2) is 4.88. The normalized spacial score (nSPS) is 15.6. The van der Waals surface area contributed by atoms with E-state index in [4.69, 9.17) is 10.00 Å². The molecule has 1 fully saturated rings. The summed E-state index contributed by atoms with van der Waals surface area (Å²) < 4.78 is 5.29. The van der Waals surface area contributed by atoms with Gasteiger partial charge < -0.3 is 9.64 Å². The van der Waals surface area contributed by atoms with Gasteiger partial charge in [-0.25, -0.2) is 4.79 Å². The molecule has 100 valence electrons. The Morgan fingerprint density at radius 1 is 1.53 bits per heavy atom. The van der Waals surface area contributed by atoms with Crippen molar-refractivity contribution in [2.24, 2.45) is 0 Å². The molecular weight excluding hydrogens is 242 g/mol. The smallest absolute Gasteiger partial charge is 0.410 e. The van der Waals surface area contributed by atoms with Crippen molar-refractivity contribution in [3.05, 3.63) is 29.6 Å². The van der Waals surface area contributed by atoms with E-state index in [0.717, 1.165) is 5.56 Å². The minimum atomic E-state index is -0.478. The molecule has 0 aliphatic carbocycles. The van der Waals surface area contributed by atoms with Crippen molar-refractivity contribution >= 4 is 6.09 Å². The van der Waals surface area contributed by atoms with Crippen LogP contribution >= 0.6 is 0 Å². The van der Waals surface area contributed by atoms with Gasteiger partial charge in [-0.3, -0.25) is 4.98 Å². The number of ether oxygens (including phenoxy) is 1. The Labute approximate surface area is 112 Å². The molecule has 19 heavy (non-hydrogen) atoms. The van der Waals surface area contributed by atoms with Crippen molar-refractivity contribution in [1.29, 1.82) is 5.26 Å². The highest BCUT2D eigenvalue weighted by molar-refractivity contribution is 5.69. The van der Waals surface area contributed by atoms with E-state index in [2.05, 4.69) is 11.1 Å². The van der Waals surface area contributed by atoms with Crippen LogP contribution < -0.4 is 0 Å². The van der Waals surface area contributed by atoms with Gasteiger partial charge in [0.2, 0.25) is 0 Å². The molecule has 2 rings (SSSR count). The van der Waals surface area contributed by atoms with Crippen LogP contribution in [-0.2, 0) is 4.74 Å². The maximum absolute atomic E-state index is 11.8. The van der Waals surface area contributed by atoms with Crippen molar-refractivity contribution in [3.8, 4) is 6.07 Å². The third-order valence-corrected chi connectivity index (χ3v) is 2.95. The van der Waals surface area contributed by atoms with E-state index in [1.54, 1.807) is 23.4 Å². The summed E-state index contributed by atoms with van der Waals surface area (Å²) in [6.07, 6.45) is 3.01. The molecular formula is C14H17N3O2. The van der Waals surface area contributed by atoms with E-state index in [-0.39, 0.29) is 12.0 Å². The summed E-state index contributed by atoms with van der Waals surface area (Å²) in [7, 11) is 0. The fourth-order valence-corrected chi connectivity index (χ4v) is 1.98. The molecule has 5 heteroatoms. The van der Waals surface area contributed by atoms with Crippen LogP contribution in [0.2, 0.25) is 0 Å². The minimum Gasteiger partial charge on any atom is -0.444 e. The Kier molecular flexibility index (Phi) is 3.43. The first kappa shape index (κ1) is 13.3. The van der Waals surface area contributed by atoms with Gasteiger partial charge in [0, 0.05) is 31.4 Å². The highest BCUT2D eigenvalue weighted by Crippen LogP contribution is 2.29. The number of rotatable bonds is 1. The summed E-state index contributed by atoms with van der Waals surface area (Å²) in [6.45, 7) is 6.69. The van der Waals surface area contributed by atoms with Crippen molar-refractivity contribution in [2.75, 3.05) is 13.1 Å². The lowest BCUT2D eigenvalue weighted by Crippen LogP contribution is -2.50. The summed E-state index contributed by atoms with van der Waals surface area (Å²) in [4.78, 5) is 17.5. The molecule has 2 heterocycles. The van der Waals surface area contributed by atoms with Gasteiger partial charge in [-0.2, -0.15) is 5.26 Å². The zero-order valence-corrected chi connectivity index (χ0v) is 11.4. The molecule has 5 nitrogen and oxygen atoms in total. The molecule has 0 spiro atoms. The SMILES string of the molecule is CC(C)(C)OC(=O)N1CC(c2cnccc2C#N)C1. The van der Waals surface area contributed by atoms with E-state index in [9.17, 15) is 4.79 Å². The number of likely N-dealkylation sites (tertiary alicyclic amines) is 1. The number of nitrogens with zero attached hydrogens (tertiary/aromatic N) is 3. The molecule has 1 aliphatic rings. The summed E-state index contributed by atoms with van der Waals surface area (Å²) in [5, 5.41) is 9.03. The number of carbonyl (C=O) groups excluding carboxylic acids is 1. The molecule has 1 saturated heterocycles. The predicted molar refractivity (Wildman–Crippen MR) is 69.5 cm³/mol. The van der Waals surface area contributed by atoms with E-state index >= 15 is 0 Å². The summed E-state index contributed by atoms with van der Waals surface area (Å²) in [5.41, 5.74) is 1.06. The molecule has 0 saturated carbocycles. The molecule has 0 radical (unpaired) electrons. The number of carbonyl (C=O) groups is 1. The maximum Gasteiger partial charge on any atom is 0.410 e. The second-order valence-corrected chi connectivity index (χ2v) is 5.66. The zero-order valence-electron chi connectivity index (χ0n) is 11.4. The molecule has 0 atom stereocenters. The number of hydrogen-bond acceptors (Lipinski definition) is 4. The van der Waals surface area contributed by atoms with Crippen molar-refractivity contribution in [3.63, 3.8) is 0 Å². The first-order valence-electron chi connectivity index (χ1n) is 6.22. The van der Waals surface area contributed by atoms with Crippen LogP contribution in [0.15, 0.2) is 18.5 Å². The van der Waals surface area contributed by atoms with E-state index in [1.807, 2.05) is 20.8 Å². The topological polar surface area (TPSA) is 66.2 Å². The first-order valence-corrected chi connectivity index (χ1v) is 6.22.